The van der Waals surface area contributed by atoms with Crippen LogP contribution in [0.5, 0.6) is 0 Å². The van der Waals surface area contributed by atoms with Crippen LogP contribution in [0.15, 0.2) is 0 Å². The van der Waals surface area contributed by atoms with Crippen molar-refractivity contribution in [2.45, 2.75) is 31.4 Å². The highest BCUT2D eigenvalue weighted by Gasteiger charge is 2.15. The number of ether oxygens (including phenoxy) is 1. The van der Waals surface area contributed by atoms with E-state index in [1.165, 1.54) is 12.5 Å². The van der Waals surface area contributed by atoms with E-state index in [2.05, 4.69) is 4.73 Å². The number of aliphatic hydroxyl groups is 1. The van der Waals surface area contributed by atoms with Crippen molar-refractivity contribution in [3.63, 3.8) is 0 Å². The Labute approximate surface area is 81.7 Å². The molecule has 0 aromatic carbocycles. The molecule has 1 rings (SSSR count). The average molecular weight is 205 g/mol. The van der Waals surface area contributed by atoms with Crippen LogP contribution in [-0.2, 0) is 9.57 Å². The summed E-state index contributed by atoms with van der Waals surface area (Å²) in [6, 6.07) is 1.28. The maximum atomic E-state index is 8.65. The maximum absolute atomic E-state index is 8.65. The molecule has 5 heteroatoms. The van der Waals surface area contributed by atoms with E-state index >= 15 is 0 Å². The van der Waals surface area contributed by atoms with Crippen molar-refractivity contribution >= 4 is 9.68 Å². The van der Waals surface area contributed by atoms with Gasteiger partial charge >= 0.3 is 0 Å². The predicted octanol–water partition coefficient (Wildman–Crippen LogP) is -0.129. The lowest BCUT2D eigenvalue weighted by Crippen LogP contribution is -2.32. The highest BCUT2D eigenvalue weighted by atomic mass is 28.2. The third kappa shape index (κ3) is 4.19. The van der Waals surface area contributed by atoms with Gasteiger partial charge in [-0.05, 0) is 18.9 Å². The second-order valence-electron chi connectivity index (χ2n) is 3.31. The number of aliphatic hydroxyl groups excluding tert-OH is 1. The summed E-state index contributed by atoms with van der Waals surface area (Å²) in [6.07, 6.45) is 3.49. The molecule has 1 N–H and O–H groups in total. The minimum Gasteiger partial charge on any atom is -0.371 e. The van der Waals surface area contributed by atoms with Gasteiger partial charge in [0, 0.05) is 6.54 Å². The SMILES string of the molecule is CON1CCC(OCO)CCC[SiH2]1. The van der Waals surface area contributed by atoms with Crippen molar-refractivity contribution < 1.29 is 14.7 Å². The zero-order chi connectivity index (χ0) is 9.52. The molecule has 0 radical (unpaired) electrons. The van der Waals surface area contributed by atoms with E-state index in [0.717, 1.165) is 19.4 Å². The van der Waals surface area contributed by atoms with Gasteiger partial charge in [-0.25, -0.2) is 4.73 Å². The van der Waals surface area contributed by atoms with E-state index in [1.54, 1.807) is 7.11 Å². The zero-order valence-corrected chi connectivity index (χ0v) is 9.65. The Morgan fingerprint density at radius 2 is 2.38 bits per heavy atom. The first kappa shape index (κ1) is 11.1. The van der Waals surface area contributed by atoms with Gasteiger partial charge in [-0.15, -0.1) is 0 Å². The molecule has 1 unspecified atom stereocenters. The van der Waals surface area contributed by atoms with Crippen molar-refractivity contribution in [1.29, 1.82) is 0 Å². The third-order valence-corrected chi connectivity index (χ3v) is 4.34. The first-order valence-electron chi connectivity index (χ1n) is 4.88. The monoisotopic (exact) mass is 205 g/mol. The van der Waals surface area contributed by atoms with Crippen LogP contribution in [-0.4, -0.2) is 46.1 Å². The lowest BCUT2D eigenvalue weighted by molar-refractivity contribution is -0.0882. The van der Waals surface area contributed by atoms with Gasteiger partial charge in [0.05, 0.1) is 13.2 Å². The fourth-order valence-corrected chi connectivity index (χ4v) is 3.11. The third-order valence-electron chi connectivity index (χ3n) is 2.45. The molecule has 0 aliphatic carbocycles. The van der Waals surface area contributed by atoms with Crippen molar-refractivity contribution in [3.05, 3.63) is 0 Å². The molecule has 0 aromatic heterocycles. The van der Waals surface area contributed by atoms with Crippen molar-refractivity contribution in [3.8, 4) is 0 Å². The second-order valence-corrected chi connectivity index (χ2v) is 5.17. The molecule has 1 fully saturated rings. The molecule has 4 nitrogen and oxygen atoms in total. The molecule has 1 atom stereocenters. The van der Waals surface area contributed by atoms with Crippen LogP contribution in [0.25, 0.3) is 0 Å². The van der Waals surface area contributed by atoms with Gasteiger partial charge in [0.2, 0.25) is 0 Å². The number of rotatable bonds is 3. The number of hydrogen-bond acceptors (Lipinski definition) is 4. The quantitative estimate of drug-likeness (QED) is 0.515. The zero-order valence-electron chi connectivity index (χ0n) is 8.24. The van der Waals surface area contributed by atoms with Crippen molar-refractivity contribution in [2.24, 2.45) is 0 Å². The Balaban J connectivity index is 2.27. The van der Waals surface area contributed by atoms with Gasteiger partial charge in [0.25, 0.3) is 0 Å². The highest BCUT2D eigenvalue weighted by Crippen LogP contribution is 2.13. The normalized spacial score (nSPS) is 28.6. The standard InChI is InChI=1S/C8H19NO3Si/c1-11-9-5-4-8(12-7-10)3-2-6-13-9/h8,10H,2-7,13H2,1H3. The molecular formula is C8H19NO3Si. The van der Waals surface area contributed by atoms with Gasteiger partial charge in [0.1, 0.15) is 16.5 Å². The van der Waals surface area contributed by atoms with Crippen molar-refractivity contribution in [2.75, 3.05) is 20.4 Å². The van der Waals surface area contributed by atoms with Crippen LogP contribution in [0.2, 0.25) is 6.04 Å². The lowest BCUT2D eigenvalue weighted by Gasteiger charge is -2.26. The molecule has 0 saturated carbocycles. The van der Waals surface area contributed by atoms with E-state index in [0.29, 0.717) is 0 Å². The van der Waals surface area contributed by atoms with Gasteiger partial charge in [0.15, 0.2) is 0 Å². The van der Waals surface area contributed by atoms with Crippen LogP contribution < -0.4 is 0 Å². The number of hydrogen-bond donors (Lipinski definition) is 1. The summed E-state index contributed by atoms with van der Waals surface area (Å²) in [5.74, 6) is 0. The predicted molar refractivity (Wildman–Crippen MR) is 52.9 cm³/mol. The van der Waals surface area contributed by atoms with Gasteiger partial charge in [-0.3, -0.25) is 0 Å². The Kier molecular flexibility index (Phi) is 5.57. The minimum absolute atomic E-state index is 0.158. The summed E-state index contributed by atoms with van der Waals surface area (Å²) in [4.78, 5) is 5.23. The molecule has 1 aliphatic heterocycles. The largest absolute Gasteiger partial charge is 0.371 e. The van der Waals surface area contributed by atoms with Gasteiger partial charge in [-0.1, -0.05) is 6.42 Å². The smallest absolute Gasteiger partial charge is 0.143 e. The lowest BCUT2D eigenvalue weighted by atomic mass is 10.1. The van der Waals surface area contributed by atoms with Crippen LogP contribution in [0, 0.1) is 0 Å². The summed E-state index contributed by atoms with van der Waals surface area (Å²) in [6.45, 7) is 0.794. The Morgan fingerprint density at radius 1 is 1.54 bits per heavy atom. The molecule has 1 aliphatic rings. The fourth-order valence-electron chi connectivity index (χ4n) is 1.66. The van der Waals surface area contributed by atoms with E-state index in [4.69, 9.17) is 14.7 Å². The number of hydroxylamine groups is 1. The first-order chi connectivity index (χ1) is 6.36. The van der Waals surface area contributed by atoms with Crippen LogP contribution >= 0.6 is 0 Å². The molecule has 0 aromatic rings. The molecule has 0 spiro atoms. The molecule has 0 bridgehead atoms. The summed E-state index contributed by atoms with van der Waals surface area (Å²) in [5, 5.41) is 8.65. The molecule has 1 saturated heterocycles. The first-order valence-corrected chi connectivity index (χ1v) is 6.51. The van der Waals surface area contributed by atoms with Crippen LogP contribution in [0.3, 0.4) is 0 Å². The Bertz CT molecular complexity index is 137. The minimum atomic E-state index is -0.178. The summed E-state index contributed by atoms with van der Waals surface area (Å²) in [5.41, 5.74) is 0. The maximum Gasteiger partial charge on any atom is 0.143 e. The summed E-state index contributed by atoms with van der Waals surface area (Å²) < 4.78 is 7.29. The van der Waals surface area contributed by atoms with E-state index < -0.39 is 0 Å². The van der Waals surface area contributed by atoms with Crippen LogP contribution in [0.1, 0.15) is 19.3 Å². The van der Waals surface area contributed by atoms with E-state index in [9.17, 15) is 0 Å². The van der Waals surface area contributed by atoms with E-state index in [1.807, 2.05) is 0 Å². The Morgan fingerprint density at radius 3 is 3.08 bits per heavy atom. The highest BCUT2D eigenvalue weighted by molar-refractivity contribution is 6.31. The van der Waals surface area contributed by atoms with Crippen LogP contribution in [0.4, 0.5) is 0 Å². The fraction of sp³-hybridized carbons (Fsp3) is 1.00. The van der Waals surface area contributed by atoms with E-state index in [-0.39, 0.29) is 22.6 Å². The average Bonchev–Trinajstić information content (AvgIpc) is 2.11. The topological polar surface area (TPSA) is 41.9 Å². The molecule has 0 amide bonds. The van der Waals surface area contributed by atoms with Gasteiger partial charge in [-0.2, -0.15) is 0 Å². The van der Waals surface area contributed by atoms with Crippen molar-refractivity contribution in [1.82, 2.24) is 4.73 Å². The molecular weight excluding hydrogens is 186 g/mol. The molecule has 78 valence electrons. The van der Waals surface area contributed by atoms with Gasteiger partial charge < -0.3 is 14.7 Å². The Hall–Kier alpha value is 0.0569. The molecule has 13 heavy (non-hydrogen) atoms. The second kappa shape index (κ2) is 6.50. The summed E-state index contributed by atoms with van der Waals surface area (Å²) in [7, 11) is 1.55. The summed E-state index contributed by atoms with van der Waals surface area (Å²) >= 11 is 0. The molecule has 1 heterocycles. The number of nitrogens with zero attached hydrogens (tertiary/aromatic N) is 1.